The van der Waals surface area contributed by atoms with E-state index in [4.69, 9.17) is 28.9 Å². The summed E-state index contributed by atoms with van der Waals surface area (Å²) in [5.74, 6) is -1.44. The van der Waals surface area contributed by atoms with E-state index in [0.29, 0.717) is 54.9 Å². The van der Waals surface area contributed by atoms with Crippen molar-refractivity contribution in [3.05, 3.63) is 158 Å². The number of allylic oxidation sites excluding steroid dienone is 1. The summed E-state index contributed by atoms with van der Waals surface area (Å²) in [6.45, 7) is 6.41. The molecule has 16 nitrogen and oxygen atoms in total. The Kier molecular flexibility index (Phi) is 16.4. The van der Waals surface area contributed by atoms with E-state index >= 15 is 0 Å². The number of benzene rings is 4. The zero-order valence-corrected chi connectivity index (χ0v) is 37.7. The average molecular weight is 919 g/mol. The number of nitro benzene ring substituents is 2. The molecule has 6 unspecified atom stereocenters. The molecule has 1 saturated carbocycles. The first kappa shape index (κ1) is 48.3. The summed E-state index contributed by atoms with van der Waals surface area (Å²) in [4.78, 5) is 44.6. The third-order valence-corrected chi connectivity index (χ3v) is 12.7. The number of hydrogen-bond donors (Lipinski definition) is 2. The maximum Gasteiger partial charge on any atom is 0.410 e. The van der Waals surface area contributed by atoms with E-state index in [2.05, 4.69) is 12.7 Å². The van der Waals surface area contributed by atoms with Gasteiger partial charge in [0, 0.05) is 55.9 Å². The van der Waals surface area contributed by atoms with Gasteiger partial charge in [-0.25, -0.2) is 4.79 Å². The summed E-state index contributed by atoms with van der Waals surface area (Å²) in [6.07, 6.45) is 8.06. The van der Waals surface area contributed by atoms with Gasteiger partial charge in [-0.1, -0.05) is 73.5 Å². The SMILES string of the molecule is C=CCOC12Oc3ccc(Oc4cccc([N+](=O)[O-])c4)cc3C3C(CCCCO)C(CCCCO)C=C(C(=NOCc4ccc([N+](=O)[O-])cc4)CC1N(CCC)C(=O)OCc1ccccc1)C32. The zero-order valence-electron chi connectivity index (χ0n) is 37.7. The van der Waals surface area contributed by atoms with Crippen molar-refractivity contribution < 1.29 is 48.6 Å². The number of nitrogens with zero attached hydrogens (tertiary/aromatic N) is 4. The lowest BCUT2D eigenvalue weighted by molar-refractivity contribution is -0.385. The number of nitro groups is 2. The van der Waals surface area contributed by atoms with Crippen molar-refractivity contribution in [2.24, 2.45) is 22.9 Å². The minimum Gasteiger partial charge on any atom is -0.459 e. The van der Waals surface area contributed by atoms with Gasteiger partial charge in [0.1, 0.15) is 36.5 Å². The normalized spacial score (nSPS) is 22.0. The van der Waals surface area contributed by atoms with Gasteiger partial charge in [-0.2, -0.15) is 0 Å². The Bertz CT molecular complexity index is 2410. The molecule has 4 aromatic carbocycles. The molecule has 7 rings (SSSR count). The van der Waals surface area contributed by atoms with Crippen LogP contribution in [0.2, 0.25) is 0 Å². The Morgan fingerprint density at radius 2 is 1.60 bits per heavy atom. The van der Waals surface area contributed by atoms with Gasteiger partial charge in [0.2, 0.25) is 5.79 Å². The van der Waals surface area contributed by atoms with Crippen molar-refractivity contribution in [3.63, 3.8) is 0 Å². The smallest absolute Gasteiger partial charge is 0.410 e. The number of ether oxygens (including phenoxy) is 4. The van der Waals surface area contributed by atoms with Crippen LogP contribution < -0.4 is 9.47 Å². The molecule has 1 fully saturated rings. The standard InChI is InChI=1S/C51H58N4O12/c1-3-25-53(50(58)63-33-35-13-6-5-7-14-35)47-32-45(52-65-34-36-19-21-38(22-20-36)54(59)60)43-29-37(15-8-10-26-56)42(18-9-11-27-57)48-44-31-41(66-40-17-12-16-39(30-40)55(61)62)23-24-46(44)67-51(47,49(43)48)64-28-4-2/h4-7,12-14,16-17,19-24,29-31,37,42,47-49,56-57H,2-3,8-11,15,18,25-28,32-34H2,1H3. The monoisotopic (exact) mass is 918 g/mol. The lowest BCUT2D eigenvalue weighted by atomic mass is 9.55. The molecule has 6 atom stereocenters. The number of carbonyl (C=O) groups excluding carboxylic acids is 1. The number of hydrogen-bond acceptors (Lipinski definition) is 13. The molecule has 2 N–H and O–H groups in total. The first-order valence-electron chi connectivity index (χ1n) is 22.9. The molecule has 1 amide bonds. The molecule has 0 aromatic heterocycles. The molecule has 16 heteroatoms. The number of fused-ring (bicyclic) bond motifs is 2. The molecule has 3 aliphatic rings. The van der Waals surface area contributed by atoms with Crippen LogP contribution in [0.25, 0.3) is 0 Å². The molecular weight excluding hydrogens is 861 g/mol. The lowest BCUT2D eigenvalue weighted by Gasteiger charge is -2.59. The quantitative estimate of drug-likeness (QED) is 0.0309. The van der Waals surface area contributed by atoms with E-state index in [-0.39, 0.29) is 80.9 Å². The van der Waals surface area contributed by atoms with Crippen molar-refractivity contribution in [2.45, 2.75) is 89.3 Å². The van der Waals surface area contributed by atoms with Crippen LogP contribution in [0, 0.1) is 38.0 Å². The highest BCUT2D eigenvalue weighted by Crippen LogP contribution is 2.62. The summed E-state index contributed by atoms with van der Waals surface area (Å²) >= 11 is 0. The van der Waals surface area contributed by atoms with Crippen LogP contribution in [0.3, 0.4) is 0 Å². The Morgan fingerprint density at radius 1 is 0.881 bits per heavy atom. The first-order valence-corrected chi connectivity index (χ1v) is 22.9. The van der Waals surface area contributed by atoms with Gasteiger partial charge in [0.05, 0.1) is 34.1 Å². The third-order valence-electron chi connectivity index (χ3n) is 12.7. The Morgan fingerprint density at radius 3 is 2.30 bits per heavy atom. The van der Waals surface area contributed by atoms with Crippen LogP contribution >= 0.6 is 0 Å². The fourth-order valence-corrected chi connectivity index (χ4v) is 9.82. The second-order valence-electron chi connectivity index (χ2n) is 17.1. The van der Waals surface area contributed by atoms with Gasteiger partial charge < -0.3 is 34.0 Å². The zero-order chi connectivity index (χ0) is 47.3. The molecule has 2 aliphatic carbocycles. The number of non-ortho nitro benzene ring substituents is 2. The number of aliphatic hydroxyl groups is 2. The topological polar surface area (TPSA) is 206 Å². The molecule has 0 saturated heterocycles. The number of rotatable bonds is 23. The highest BCUT2D eigenvalue weighted by molar-refractivity contribution is 6.03. The molecule has 0 spiro atoms. The maximum atomic E-state index is 14.6. The molecule has 4 aromatic rings. The second kappa shape index (κ2) is 22.7. The minimum absolute atomic E-state index is 0.00479. The van der Waals surface area contributed by atoms with E-state index in [9.17, 15) is 35.2 Å². The van der Waals surface area contributed by atoms with Crippen molar-refractivity contribution >= 4 is 23.2 Å². The minimum atomic E-state index is -1.54. The number of amides is 1. The van der Waals surface area contributed by atoms with E-state index in [1.165, 1.54) is 24.3 Å². The largest absolute Gasteiger partial charge is 0.459 e. The Hall–Kier alpha value is -6.62. The van der Waals surface area contributed by atoms with Gasteiger partial charge >= 0.3 is 6.09 Å². The van der Waals surface area contributed by atoms with Gasteiger partial charge in [0.15, 0.2) is 0 Å². The van der Waals surface area contributed by atoms with Crippen molar-refractivity contribution in [3.8, 4) is 17.2 Å². The van der Waals surface area contributed by atoms with Crippen LogP contribution in [0.4, 0.5) is 16.2 Å². The van der Waals surface area contributed by atoms with E-state index in [0.717, 1.165) is 29.5 Å². The molecule has 0 bridgehead atoms. The van der Waals surface area contributed by atoms with Crippen LogP contribution in [0.15, 0.2) is 127 Å². The molecule has 67 heavy (non-hydrogen) atoms. The summed E-state index contributed by atoms with van der Waals surface area (Å²) in [6, 6.07) is 26.1. The van der Waals surface area contributed by atoms with Crippen LogP contribution in [0.1, 0.15) is 80.9 Å². The van der Waals surface area contributed by atoms with Crippen LogP contribution in [-0.2, 0) is 27.5 Å². The predicted octanol–water partition coefficient (Wildman–Crippen LogP) is 10.2. The predicted molar refractivity (Wildman–Crippen MR) is 250 cm³/mol. The van der Waals surface area contributed by atoms with Gasteiger partial charge in [-0.3, -0.25) is 25.1 Å². The maximum absolute atomic E-state index is 14.6. The third kappa shape index (κ3) is 11.2. The summed E-state index contributed by atoms with van der Waals surface area (Å²) in [5, 5.41) is 47.8. The highest BCUT2D eigenvalue weighted by atomic mass is 16.7. The average Bonchev–Trinajstić information content (AvgIpc) is 3.34. The fourth-order valence-electron chi connectivity index (χ4n) is 9.82. The highest BCUT2D eigenvalue weighted by Gasteiger charge is 2.65. The van der Waals surface area contributed by atoms with Gasteiger partial charge in [0.25, 0.3) is 11.4 Å². The van der Waals surface area contributed by atoms with Crippen LogP contribution in [0.5, 0.6) is 17.2 Å². The number of oxime groups is 1. The molecule has 1 aliphatic heterocycles. The van der Waals surface area contributed by atoms with E-state index < -0.39 is 33.7 Å². The number of aliphatic hydroxyl groups excluding tert-OH is 2. The van der Waals surface area contributed by atoms with Gasteiger partial charge in [-0.05, 0) is 97.0 Å². The van der Waals surface area contributed by atoms with Gasteiger partial charge in [-0.15, -0.1) is 6.58 Å². The van der Waals surface area contributed by atoms with E-state index in [1.54, 1.807) is 41.3 Å². The number of carbonyl (C=O) groups is 1. The second-order valence-corrected chi connectivity index (χ2v) is 17.1. The number of unbranched alkanes of at least 4 members (excludes halogenated alkanes) is 2. The summed E-state index contributed by atoms with van der Waals surface area (Å²) in [7, 11) is 0. The van der Waals surface area contributed by atoms with E-state index in [1.807, 2.05) is 49.4 Å². The molecular formula is C51H58N4O12. The Labute approximate surface area is 389 Å². The van der Waals surface area contributed by atoms with Crippen molar-refractivity contribution in [1.82, 2.24) is 4.90 Å². The summed E-state index contributed by atoms with van der Waals surface area (Å²) < 4.78 is 26.7. The van der Waals surface area contributed by atoms with Crippen molar-refractivity contribution in [1.29, 1.82) is 0 Å². The molecule has 354 valence electrons. The van der Waals surface area contributed by atoms with Crippen LogP contribution in [-0.4, -0.2) is 75.0 Å². The van der Waals surface area contributed by atoms with Crippen molar-refractivity contribution in [2.75, 3.05) is 26.4 Å². The molecule has 0 radical (unpaired) electrons. The molecule has 1 heterocycles. The summed E-state index contributed by atoms with van der Waals surface area (Å²) in [5.41, 5.74) is 3.49. The Balaban J connectivity index is 1.41. The lowest BCUT2D eigenvalue weighted by Crippen LogP contribution is -2.70. The fraction of sp³-hybridized carbons (Fsp3) is 0.412. The first-order chi connectivity index (χ1) is 32.6.